The molecule has 1 N–H and O–H groups in total. The van der Waals surface area contributed by atoms with Crippen LogP contribution in [0.4, 0.5) is 0 Å². The highest BCUT2D eigenvalue weighted by molar-refractivity contribution is 5.31. The van der Waals surface area contributed by atoms with Crippen molar-refractivity contribution in [3.63, 3.8) is 0 Å². The fourth-order valence-electron chi connectivity index (χ4n) is 1.65. The third kappa shape index (κ3) is 2.59. The molecule has 0 radical (unpaired) electrons. The van der Waals surface area contributed by atoms with Crippen LogP contribution in [-0.2, 0) is 6.54 Å². The van der Waals surface area contributed by atoms with Crippen LogP contribution in [0.25, 0.3) is 5.65 Å². The molecular formula is C12H19N5O. The lowest BCUT2D eigenvalue weighted by molar-refractivity contribution is 0.361. The fourth-order valence-corrected chi connectivity index (χ4v) is 1.65. The number of hydrogen-bond acceptors (Lipinski definition) is 4. The summed E-state index contributed by atoms with van der Waals surface area (Å²) in [5.74, 6) is 0. The summed E-state index contributed by atoms with van der Waals surface area (Å²) in [6, 6.07) is 0. The minimum atomic E-state index is -0.122. The van der Waals surface area contributed by atoms with Crippen LogP contribution in [0.3, 0.4) is 0 Å². The van der Waals surface area contributed by atoms with Crippen molar-refractivity contribution >= 4 is 5.65 Å². The molecule has 0 aliphatic rings. The second-order valence-corrected chi connectivity index (χ2v) is 4.97. The molecule has 0 bridgehead atoms. The van der Waals surface area contributed by atoms with Gasteiger partial charge in [-0.25, -0.2) is 13.9 Å². The van der Waals surface area contributed by atoms with Crippen LogP contribution in [-0.4, -0.2) is 31.2 Å². The van der Waals surface area contributed by atoms with Gasteiger partial charge in [-0.3, -0.25) is 4.98 Å². The SMILES string of the molecule is CCC(C)(C)NCCn1nc2cnccn2c1=O. The third-order valence-corrected chi connectivity index (χ3v) is 3.20. The lowest BCUT2D eigenvalue weighted by atomic mass is 10.0. The van der Waals surface area contributed by atoms with Gasteiger partial charge in [-0.1, -0.05) is 6.92 Å². The molecule has 2 aromatic rings. The molecule has 0 saturated heterocycles. The van der Waals surface area contributed by atoms with E-state index in [2.05, 4.69) is 36.2 Å². The van der Waals surface area contributed by atoms with Crippen molar-refractivity contribution < 1.29 is 0 Å². The normalized spacial score (nSPS) is 12.2. The highest BCUT2D eigenvalue weighted by Crippen LogP contribution is 2.05. The number of aromatic nitrogens is 4. The van der Waals surface area contributed by atoms with E-state index in [4.69, 9.17) is 0 Å². The van der Waals surface area contributed by atoms with Gasteiger partial charge in [0.2, 0.25) is 0 Å². The summed E-state index contributed by atoms with van der Waals surface area (Å²) in [6.07, 6.45) is 5.84. The van der Waals surface area contributed by atoms with Crippen molar-refractivity contribution in [2.75, 3.05) is 6.54 Å². The highest BCUT2D eigenvalue weighted by Gasteiger charge is 2.13. The van der Waals surface area contributed by atoms with E-state index in [0.29, 0.717) is 12.2 Å². The molecular weight excluding hydrogens is 230 g/mol. The summed E-state index contributed by atoms with van der Waals surface area (Å²) in [6.45, 7) is 7.70. The summed E-state index contributed by atoms with van der Waals surface area (Å²) >= 11 is 0. The molecule has 2 heterocycles. The minimum absolute atomic E-state index is 0.0876. The van der Waals surface area contributed by atoms with Crippen molar-refractivity contribution in [1.29, 1.82) is 0 Å². The largest absolute Gasteiger partial charge is 0.350 e. The van der Waals surface area contributed by atoms with Gasteiger partial charge in [-0.2, -0.15) is 0 Å². The summed E-state index contributed by atoms with van der Waals surface area (Å²) in [5.41, 5.74) is 0.547. The predicted molar refractivity (Wildman–Crippen MR) is 69.6 cm³/mol. The summed E-state index contributed by atoms with van der Waals surface area (Å²) in [7, 11) is 0. The van der Waals surface area contributed by atoms with Crippen LogP contribution in [0.15, 0.2) is 23.4 Å². The number of hydrogen-bond donors (Lipinski definition) is 1. The molecule has 0 fully saturated rings. The van der Waals surface area contributed by atoms with Crippen molar-refractivity contribution in [3.8, 4) is 0 Å². The van der Waals surface area contributed by atoms with Gasteiger partial charge in [0.15, 0.2) is 5.65 Å². The average molecular weight is 249 g/mol. The molecule has 0 atom stereocenters. The molecule has 0 saturated carbocycles. The first-order chi connectivity index (χ1) is 8.53. The average Bonchev–Trinajstić information content (AvgIpc) is 2.67. The monoisotopic (exact) mass is 249 g/mol. The Morgan fingerprint density at radius 1 is 1.44 bits per heavy atom. The van der Waals surface area contributed by atoms with Gasteiger partial charge in [0.1, 0.15) is 0 Å². The Morgan fingerprint density at radius 2 is 2.22 bits per heavy atom. The molecule has 0 aliphatic heterocycles. The van der Waals surface area contributed by atoms with E-state index in [0.717, 1.165) is 13.0 Å². The van der Waals surface area contributed by atoms with E-state index in [1.54, 1.807) is 18.6 Å². The van der Waals surface area contributed by atoms with E-state index in [9.17, 15) is 4.79 Å². The molecule has 0 aromatic carbocycles. The highest BCUT2D eigenvalue weighted by atomic mass is 16.2. The van der Waals surface area contributed by atoms with Gasteiger partial charge in [0.05, 0.1) is 12.7 Å². The zero-order chi connectivity index (χ0) is 13.2. The lowest BCUT2D eigenvalue weighted by Gasteiger charge is -2.24. The van der Waals surface area contributed by atoms with Gasteiger partial charge in [-0.15, -0.1) is 5.10 Å². The van der Waals surface area contributed by atoms with Gasteiger partial charge >= 0.3 is 5.69 Å². The smallest absolute Gasteiger partial charge is 0.310 e. The van der Waals surface area contributed by atoms with Crippen molar-refractivity contribution in [1.82, 2.24) is 24.5 Å². The maximum atomic E-state index is 12.0. The zero-order valence-electron chi connectivity index (χ0n) is 11.1. The van der Waals surface area contributed by atoms with Crippen molar-refractivity contribution in [2.45, 2.75) is 39.3 Å². The first kappa shape index (κ1) is 12.8. The molecule has 2 aromatic heterocycles. The Morgan fingerprint density at radius 3 is 2.89 bits per heavy atom. The van der Waals surface area contributed by atoms with Crippen LogP contribution in [0, 0.1) is 0 Å². The maximum Gasteiger partial charge on any atom is 0.350 e. The van der Waals surface area contributed by atoms with Gasteiger partial charge in [-0.05, 0) is 20.3 Å². The molecule has 98 valence electrons. The first-order valence-electron chi connectivity index (χ1n) is 6.18. The Balaban J connectivity index is 2.09. The van der Waals surface area contributed by atoms with E-state index in [1.165, 1.54) is 9.08 Å². The number of rotatable bonds is 5. The van der Waals surface area contributed by atoms with Gasteiger partial charge in [0.25, 0.3) is 0 Å². The fraction of sp³-hybridized carbons (Fsp3) is 0.583. The van der Waals surface area contributed by atoms with Crippen LogP contribution < -0.4 is 11.0 Å². The Bertz CT molecular complexity index is 583. The van der Waals surface area contributed by atoms with E-state index in [1.807, 2.05) is 0 Å². The quantitative estimate of drug-likeness (QED) is 0.846. The second kappa shape index (κ2) is 4.89. The molecule has 18 heavy (non-hydrogen) atoms. The summed E-state index contributed by atoms with van der Waals surface area (Å²) in [4.78, 5) is 15.9. The van der Waals surface area contributed by atoms with Gasteiger partial charge in [0, 0.05) is 24.5 Å². The lowest BCUT2D eigenvalue weighted by Crippen LogP contribution is -2.41. The number of nitrogens with zero attached hydrogens (tertiary/aromatic N) is 4. The topological polar surface area (TPSA) is 64.2 Å². The Labute approximate surface area is 106 Å². The standard InChI is InChI=1S/C12H19N5O/c1-4-12(2,3)14-6-8-17-11(18)16-7-5-13-9-10(16)15-17/h5,7,9,14H,4,6,8H2,1-3H3. The Hall–Kier alpha value is -1.69. The zero-order valence-corrected chi connectivity index (χ0v) is 11.1. The molecule has 2 rings (SSSR count). The number of fused-ring (bicyclic) bond motifs is 1. The molecule has 0 aliphatic carbocycles. The van der Waals surface area contributed by atoms with E-state index < -0.39 is 0 Å². The summed E-state index contributed by atoms with van der Waals surface area (Å²) in [5, 5.41) is 7.63. The minimum Gasteiger partial charge on any atom is -0.310 e. The van der Waals surface area contributed by atoms with Crippen LogP contribution >= 0.6 is 0 Å². The Kier molecular flexibility index (Phi) is 3.47. The predicted octanol–water partition coefficient (Wildman–Crippen LogP) is 0.669. The van der Waals surface area contributed by atoms with Crippen LogP contribution in [0.2, 0.25) is 0 Å². The van der Waals surface area contributed by atoms with Crippen molar-refractivity contribution in [2.24, 2.45) is 0 Å². The van der Waals surface area contributed by atoms with E-state index in [-0.39, 0.29) is 11.2 Å². The van der Waals surface area contributed by atoms with Crippen LogP contribution in [0.1, 0.15) is 27.2 Å². The molecule has 6 heteroatoms. The van der Waals surface area contributed by atoms with E-state index >= 15 is 0 Å². The molecule has 0 spiro atoms. The first-order valence-corrected chi connectivity index (χ1v) is 6.18. The maximum absolute atomic E-state index is 12.0. The van der Waals surface area contributed by atoms with Crippen molar-refractivity contribution in [3.05, 3.63) is 29.1 Å². The molecule has 0 amide bonds. The van der Waals surface area contributed by atoms with Crippen LogP contribution in [0.5, 0.6) is 0 Å². The molecule has 0 unspecified atom stereocenters. The summed E-state index contributed by atoms with van der Waals surface area (Å²) < 4.78 is 2.97. The molecule has 6 nitrogen and oxygen atoms in total. The third-order valence-electron chi connectivity index (χ3n) is 3.20. The number of nitrogens with one attached hydrogen (secondary N) is 1. The second-order valence-electron chi connectivity index (χ2n) is 4.97. The van der Waals surface area contributed by atoms with Gasteiger partial charge < -0.3 is 5.32 Å².